The quantitative estimate of drug-likeness (QED) is 0.439. The number of halogens is 6. The van der Waals surface area contributed by atoms with Gasteiger partial charge in [-0.15, -0.1) is 0 Å². The first kappa shape index (κ1) is 27.4. The topological polar surface area (TPSA) is 80.1 Å². The van der Waals surface area contributed by atoms with Crippen molar-refractivity contribution < 1.29 is 31.1 Å². The van der Waals surface area contributed by atoms with E-state index >= 15 is 0 Å². The number of benzene rings is 1. The number of anilines is 1. The van der Waals surface area contributed by atoms with Crippen molar-refractivity contribution in [2.75, 3.05) is 18.4 Å². The van der Waals surface area contributed by atoms with Crippen LogP contribution in [0.2, 0.25) is 0 Å². The molecule has 13 heteroatoms. The fourth-order valence-corrected chi connectivity index (χ4v) is 4.55. The molecule has 0 unspecified atom stereocenters. The number of piperidine rings is 1. The molecule has 4 rings (SSSR count). The van der Waals surface area contributed by atoms with Crippen LogP contribution in [0.25, 0.3) is 11.0 Å². The lowest BCUT2D eigenvalue weighted by molar-refractivity contribution is -0.229. The molecular formula is C25H25F6N5O2. The Kier molecular flexibility index (Phi) is 7.15. The number of amides is 1. The molecule has 3 aromatic rings. The van der Waals surface area contributed by atoms with E-state index in [0.717, 1.165) is 23.9 Å². The van der Waals surface area contributed by atoms with Gasteiger partial charge in [0.25, 0.3) is 17.9 Å². The summed E-state index contributed by atoms with van der Waals surface area (Å²) in [6.07, 6.45) is -6.87. The summed E-state index contributed by atoms with van der Waals surface area (Å²) in [6, 6.07) is 4.04. The highest BCUT2D eigenvalue weighted by Gasteiger charge is 2.52. The van der Waals surface area contributed by atoms with Gasteiger partial charge in [0.15, 0.2) is 0 Å². The van der Waals surface area contributed by atoms with Crippen molar-refractivity contribution in [3.63, 3.8) is 0 Å². The second-order valence-corrected chi connectivity index (χ2v) is 9.65. The van der Waals surface area contributed by atoms with E-state index in [2.05, 4.69) is 15.3 Å². The number of nitrogens with zero attached hydrogens (tertiary/aromatic N) is 4. The van der Waals surface area contributed by atoms with Gasteiger partial charge in [0, 0.05) is 25.7 Å². The highest BCUT2D eigenvalue weighted by atomic mass is 19.4. The maximum absolute atomic E-state index is 14.7. The SMILES string of the molecule is C[C@@H](Nc1ncnc2c1cc(C(=O)N1CCC(C)(C(F)(F)F)CC1)c(=O)n2C)c1cccc(C(F)F)c1F. The molecule has 0 aliphatic carbocycles. The van der Waals surface area contributed by atoms with Gasteiger partial charge >= 0.3 is 6.18 Å². The summed E-state index contributed by atoms with van der Waals surface area (Å²) in [4.78, 5) is 35.6. The van der Waals surface area contributed by atoms with E-state index in [1.807, 2.05) is 0 Å². The van der Waals surface area contributed by atoms with E-state index in [4.69, 9.17) is 0 Å². The van der Waals surface area contributed by atoms with Gasteiger partial charge in [-0.05, 0) is 25.8 Å². The van der Waals surface area contributed by atoms with Crippen molar-refractivity contribution in [3.8, 4) is 0 Å². The summed E-state index contributed by atoms with van der Waals surface area (Å²) >= 11 is 0. The van der Waals surface area contributed by atoms with Crippen molar-refractivity contribution in [3.05, 3.63) is 63.5 Å². The summed E-state index contributed by atoms with van der Waals surface area (Å²) in [5, 5.41) is 3.14. The Labute approximate surface area is 213 Å². The molecule has 0 radical (unpaired) electrons. The fourth-order valence-electron chi connectivity index (χ4n) is 4.55. The lowest BCUT2D eigenvalue weighted by atomic mass is 9.79. The first-order chi connectivity index (χ1) is 17.7. The summed E-state index contributed by atoms with van der Waals surface area (Å²) < 4.78 is 82.3. The molecule has 7 nitrogen and oxygen atoms in total. The lowest BCUT2D eigenvalue weighted by Crippen LogP contribution is -2.49. The largest absolute Gasteiger partial charge is 0.394 e. The molecule has 2 aromatic heterocycles. The number of pyridine rings is 1. The summed E-state index contributed by atoms with van der Waals surface area (Å²) in [5.74, 6) is -1.69. The molecule has 1 N–H and O–H groups in total. The van der Waals surface area contributed by atoms with Crippen molar-refractivity contribution in [1.82, 2.24) is 19.4 Å². The van der Waals surface area contributed by atoms with E-state index < -0.39 is 46.9 Å². The van der Waals surface area contributed by atoms with Crippen LogP contribution in [-0.2, 0) is 7.05 Å². The molecule has 1 atom stereocenters. The van der Waals surface area contributed by atoms with Gasteiger partial charge in [0.2, 0.25) is 0 Å². The first-order valence-corrected chi connectivity index (χ1v) is 11.8. The van der Waals surface area contributed by atoms with Gasteiger partial charge in [0.05, 0.1) is 22.4 Å². The number of nitrogens with one attached hydrogen (secondary N) is 1. The Morgan fingerprint density at radius 3 is 2.37 bits per heavy atom. The van der Waals surface area contributed by atoms with E-state index in [9.17, 15) is 35.9 Å². The molecule has 1 aromatic carbocycles. The third-order valence-corrected chi connectivity index (χ3v) is 7.19. The minimum Gasteiger partial charge on any atom is -0.363 e. The molecule has 1 aliphatic rings. The number of alkyl halides is 5. The maximum atomic E-state index is 14.7. The standard InChI is InChI=1S/C25H25F6N5O2/c1-13(14-5-4-6-15(18(14)26)19(27)28)34-20-16-11-17(22(37)35(3)21(16)33-12-32-20)23(38)36-9-7-24(2,8-10-36)25(29,30)31/h4-6,11-13,19H,7-10H2,1-3H3,(H,32,33,34)/t13-/m1/s1. The summed E-state index contributed by atoms with van der Waals surface area (Å²) in [7, 11) is 1.38. The number of hydrogen-bond acceptors (Lipinski definition) is 5. The highest BCUT2D eigenvalue weighted by Crippen LogP contribution is 2.45. The molecule has 1 aliphatic heterocycles. The van der Waals surface area contributed by atoms with Crippen LogP contribution in [0.15, 0.2) is 35.4 Å². The van der Waals surface area contributed by atoms with E-state index in [1.165, 1.54) is 37.1 Å². The Morgan fingerprint density at radius 1 is 1.13 bits per heavy atom. The van der Waals surface area contributed by atoms with Crippen LogP contribution in [-0.4, -0.2) is 44.6 Å². The number of fused-ring (bicyclic) bond motifs is 1. The first-order valence-electron chi connectivity index (χ1n) is 11.8. The Morgan fingerprint density at radius 2 is 1.76 bits per heavy atom. The van der Waals surface area contributed by atoms with Crippen LogP contribution in [0.5, 0.6) is 0 Å². The Bertz CT molecular complexity index is 1430. The number of aryl methyl sites for hydroxylation is 1. The molecular weight excluding hydrogens is 516 g/mol. The normalized spacial score (nSPS) is 16.6. The van der Waals surface area contributed by atoms with Gasteiger partial charge < -0.3 is 10.2 Å². The molecule has 0 bridgehead atoms. The number of carbonyl (C=O) groups is 1. The number of hydrogen-bond donors (Lipinski definition) is 1. The Balaban J connectivity index is 1.68. The summed E-state index contributed by atoms with van der Waals surface area (Å²) in [6.45, 7) is 2.29. The number of carbonyl (C=O) groups excluding carboxylic acids is 1. The van der Waals surface area contributed by atoms with Gasteiger partial charge in [-0.2, -0.15) is 13.2 Å². The van der Waals surface area contributed by atoms with Gasteiger partial charge in [0.1, 0.15) is 29.2 Å². The van der Waals surface area contributed by atoms with Crippen LogP contribution < -0.4 is 10.9 Å². The Hall–Kier alpha value is -3.64. The average molecular weight is 541 g/mol. The van der Waals surface area contributed by atoms with Gasteiger partial charge in [-0.25, -0.2) is 23.1 Å². The predicted octanol–water partition coefficient (Wildman–Crippen LogP) is 5.38. The van der Waals surface area contributed by atoms with Crippen LogP contribution in [0.4, 0.5) is 32.2 Å². The molecule has 0 saturated carbocycles. The minimum atomic E-state index is -4.41. The van der Waals surface area contributed by atoms with Crippen LogP contribution in [0, 0.1) is 11.2 Å². The van der Waals surface area contributed by atoms with Crippen LogP contribution in [0.3, 0.4) is 0 Å². The highest BCUT2D eigenvalue weighted by molar-refractivity contribution is 5.99. The lowest BCUT2D eigenvalue weighted by Gasteiger charge is -2.40. The number of aromatic nitrogens is 3. The molecule has 204 valence electrons. The monoisotopic (exact) mass is 541 g/mol. The molecule has 1 amide bonds. The average Bonchev–Trinajstić information content (AvgIpc) is 2.85. The van der Waals surface area contributed by atoms with E-state index in [0.29, 0.717) is 0 Å². The van der Waals surface area contributed by atoms with Crippen molar-refractivity contribution >= 4 is 22.8 Å². The zero-order chi connectivity index (χ0) is 28.0. The fraction of sp³-hybridized carbons (Fsp3) is 0.440. The molecule has 0 spiro atoms. The third kappa shape index (κ3) is 4.81. The molecule has 1 fully saturated rings. The van der Waals surface area contributed by atoms with E-state index in [1.54, 1.807) is 0 Å². The smallest absolute Gasteiger partial charge is 0.363 e. The molecule has 3 heterocycles. The second-order valence-electron chi connectivity index (χ2n) is 9.65. The van der Waals surface area contributed by atoms with Crippen LogP contribution >= 0.6 is 0 Å². The third-order valence-electron chi connectivity index (χ3n) is 7.19. The zero-order valence-electron chi connectivity index (χ0n) is 20.7. The van der Waals surface area contributed by atoms with Crippen molar-refractivity contribution in [2.45, 2.75) is 45.3 Å². The second kappa shape index (κ2) is 9.91. The predicted molar refractivity (Wildman–Crippen MR) is 127 cm³/mol. The van der Waals surface area contributed by atoms with Crippen molar-refractivity contribution in [1.29, 1.82) is 0 Å². The van der Waals surface area contributed by atoms with Crippen molar-refractivity contribution in [2.24, 2.45) is 12.5 Å². The minimum absolute atomic E-state index is 0.0447. The zero-order valence-corrected chi connectivity index (χ0v) is 20.7. The maximum Gasteiger partial charge on any atom is 0.394 e. The number of rotatable bonds is 5. The van der Waals surface area contributed by atoms with Gasteiger partial charge in [-0.1, -0.05) is 25.1 Å². The summed E-state index contributed by atoms with van der Waals surface area (Å²) in [5.41, 5.74) is -3.55. The number of likely N-dealkylation sites (tertiary alicyclic amines) is 1. The molecule has 1 saturated heterocycles. The van der Waals surface area contributed by atoms with Gasteiger partial charge in [-0.3, -0.25) is 14.2 Å². The molecule has 38 heavy (non-hydrogen) atoms. The van der Waals surface area contributed by atoms with Crippen LogP contribution in [0.1, 0.15) is 60.6 Å². The van der Waals surface area contributed by atoms with E-state index in [-0.39, 0.29) is 53.9 Å².